The summed E-state index contributed by atoms with van der Waals surface area (Å²) in [5.74, 6) is 1.70. The van der Waals surface area contributed by atoms with Crippen LogP contribution in [0.5, 0.6) is 11.5 Å². The summed E-state index contributed by atoms with van der Waals surface area (Å²) in [5, 5.41) is 3.80. The van der Waals surface area contributed by atoms with E-state index in [4.69, 9.17) is 9.47 Å². The molecule has 2 N–H and O–H groups in total. The van der Waals surface area contributed by atoms with E-state index in [2.05, 4.69) is 87.7 Å². The molecule has 0 atom stereocenters. The maximum Gasteiger partial charge on any atom is 0.250 e. The highest BCUT2D eigenvalue weighted by molar-refractivity contribution is 5.74. The Labute approximate surface area is 253 Å². The van der Waals surface area contributed by atoms with Crippen LogP contribution in [0.1, 0.15) is 35.1 Å². The molecule has 0 bridgehead atoms. The minimum absolute atomic E-state index is 0.111. The number of aromatic amines is 1. The number of nitrogens with zero attached hydrogens (tertiary/aromatic N) is 2. The van der Waals surface area contributed by atoms with Crippen LogP contribution in [0, 0.1) is 6.92 Å². The van der Waals surface area contributed by atoms with Crippen molar-refractivity contribution in [3.8, 4) is 22.8 Å². The second-order valence-corrected chi connectivity index (χ2v) is 12.1. The molecule has 2 saturated heterocycles. The second-order valence-electron chi connectivity index (χ2n) is 12.1. The molecule has 4 heterocycles. The van der Waals surface area contributed by atoms with E-state index in [0.717, 1.165) is 98.1 Å². The monoisotopic (exact) mass is 576 g/mol. The Balaban J connectivity index is 1.00. The van der Waals surface area contributed by atoms with Crippen molar-refractivity contribution in [1.29, 1.82) is 0 Å². The molecule has 7 heteroatoms. The van der Waals surface area contributed by atoms with Gasteiger partial charge in [-0.15, -0.1) is 0 Å². The van der Waals surface area contributed by atoms with Gasteiger partial charge in [0.25, 0.3) is 0 Å². The molecular weight excluding hydrogens is 536 g/mol. The Bertz CT molecular complexity index is 1630. The van der Waals surface area contributed by atoms with Gasteiger partial charge in [-0.3, -0.25) is 4.79 Å². The first kappa shape index (κ1) is 27.7. The zero-order valence-corrected chi connectivity index (χ0v) is 24.9. The predicted octanol–water partition coefficient (Wildman–Crippen LogP) is 6.00. The number of hydrogen-bond donors (Lipinski definition) is 2. The number of H-pyrrole nitrogens is 1. The molecule has 1 aromatic heterocycles. The molecule has 43 heavy (non-hydrogen) atoms. The van der Waals surface area contributed by atoms with Gasteiger partial charge in [0.2, 0.25) is 5.56 Å². The number of ether oxygens (including phenoxy) is 2. The number of pyridine rings is 1. The molecule has 0 radical (unpaired) electrons. The maximum atomic E-state index is 12.7. The smallest absolute Gasteiger partial charge is 0.250 e. The quantitative estimate of drug-likeness (QED) is 0.248. The number of hydrogen-bond acceptors (Lipinski definition) is 6. The second kappa shape index (κ2) is 12.3. The van der Waals surface area contributed by atoms with E-state index in [1.807, 2.05) is 6.07 Å². The SMILES string of the molecule is Cc1ccc(CCN2CCC(Nc3ccc4c(c3)Cc3cccc(-c5cc(N6CCOCC6)cc(=O)[nH]5)c3O4)CC2)cc1. The average molecular weight is 577 g/mol. The Kier molecular flexibility index (Phi) is 7.92. The van der Waals surface area contributed by atoms with Crippen molar-refractivity contribution in [2.45, 2.75) is 38.6 Å². The van der Waals surface area contributed by atoms with Crippen LogP contribution in [0.2, 0.25) is 0 Å². The van der Waals surface area contributed by atoms with E-state index < -0.39 is 0 Å². The van der Waals surface area contributed by atoms with Gasteiger partial charge < -0.3 is 29.6 Å². The number of piperidine rings is 1. The zero-order chi connectivity index (χ0) is 29.2. The number of benzene rings is 3. The molecule has 7 rings (SSSR count). The molecule has 3 aliphatic rings. The normalized spacial score (nSPS) is 17.2. The topological polar surface area (TPSA) is 69.8 Å². The van der Waals surface area contributed by atoms with E-state index in [0.29, 0.717) is 19.3 Å². The fourth-order valence-electron chi connectivity index (χ4n) is 6.54. The van der Waals surface area contributed by atoms with Gasteiger partial charge in [-0.05, 0) is 67.6 Å². The predicted molar refractivity (Wildman–Crippen MR) is 173 cm³/mol. The number of nitrogens with one attached hydrogen (secondary N) is 2. The highest BCUT2D eigenvalue weighted by atomic mass is 16.5. The Hall–Kier alpha value is -4.07. The number of aromatic nitrogens is 1. The lowest BCUT2D eigenvalue weighted by Crippen LogP contribution is -2.40. The van der Waals surface area contributed by atoms with Crippen molar-refractivity contribution in [1.82, 2.24) is 9.88 Å². The highest BCUT2D eigenvalue weighted by Gasteiger charge is 2.24. The first-order chi connectivity index (χ1) is 21.1. The van der Waals surface area contributed by atoms with Crippen molar-refractivity contribution >= 4 is 11.4 Å². The molecule has 0 amide bonds. The highest BCUT2D eigenvalue weighted by Crippen LogP contribution is 2.43. The molecule has 3 aliphatic heterocycles. The lowest BCUT2D eigenvalue weighted by molar-refractivity contribution is 0.122. The van der Waals surface area contributed by atoms with Crippen LogP contribution in [0.15, 0.2) is 77.6 Å². The zero-order valence-electron chi connectivity index (χ0n) is 24.9. The summed E-state index contributed by atoms with van der Waals surface area (Å²) in [6, 6.07) is 25.8. The molecule has 0 unspecified atom stereocenters. The fraction of sp³-hybridized carbons (Fsp3) is 0.361. The average Bonchev–Trinajstić information content (AvgIpc) is 3.04. The minimum atomic E-state index is -0.111. The first-order valence-corrected chi connectivity index (χ1v) is 15.6. The number of aryl methyl sites for hydroxylation is 1. The van der Waals surface area contributed by atoms with E-state index in [-0.39, 0.29) is 5.56 Å². The molecule has 4 aromatic rings. The summed E-state index contributed by atoms with van der Waals surface area (Å²) in [6.07, 6.45) is 4.20. The maximum absolute atomic E-state index is 12.7. The van der Waals surface area contributed by atoms with Crippen molar-refractivity contribution in [2.75, 3.05) is 56.2 Å². The number of fused-ring (bicyclic) bond motifs is 2. The first-order valence-electron chi connectivity index (χ1n) is 15.6. The fourth-order valence-corrected chi connectivity index (χ4v) is 6.54. The van der Waals surface area contributed by atoms with Crippen molar-refractivity contribution in [3.63, 3.8) is 0 Å². The lowest BCUT2D eigenvalue weighted by atomic mass is 9.95. The van der Waals surface area contributed by atoms with Crippen LogP contribution < -0.4 is 20.5 Å². The summed E-state index contributed by atoms with van der Waals surface area (Å²) in [7, 11) is 0. The number of anilines is 2. The van der Waals surface area contributed by atoms with Gasteiger partial charge >= 0.3 is 0 Å². The van der Waals surface area contributed by atoms with Gasteiger partial charge in [-0.25, -0.2) is 0 Å². The van der Waals surface area contributed by atoms with Gasteiger partial charge in [0.15, 0.2) is 0 Å². The summed E-state index contributed by atoms with van der Waals surface area (Å²) in [5.41, 5.74) is 8.70. The summed E-state index contributed by atoms with van der Waals surface area (Å²) >= 11 is 0. The molecular formula is C36H40N4O3. The molecule has 3 aromatic carbocycles. The number of para-hydroxylation sites is 1. The standard InChI is InChI=1S/C36H40N4O3/c1-25-5-7-26(8-6-25)11-14-39-15-12-29(13-16-39)37-30-9-10-34-28(22-30)21-27-3-2-4-32(36(27)43-34)33-23-31(24-35(41)38-33)40-17-19-42-20-18-40/h2-10,22-24,29,37H,11-21H2,1H3,(H,38,41). The molecule has 0 aliphatic carbocycles. The van der Waals surface area contributed by atoms with E-state index >= 15 is 0 Å². The summed E-state index contributed by atoms with van der Waals surface area (Å²) < 4.78 is 12.0. The van der Waals surface area contributed by atoms with Crippen LogP contribution >= 0.6 is 0 Å². The lowest BCUT2D eigenvalue weighted by Gasteiger charge is -2.33. The molecule has 0 spiro atoms. The minimum Gasteiger partial charge on any atom is -0.456 e. The Morgan fingerprint density at radius 1 is 0.907 bits per heavy atom. The van der Waals surface area contributed by atoms with Crippen LogP contribution in [0.3, 0.4) is 0 Å². The van der Waals surface area contributed by atoms with Gasteiger partial charge in [0, 0.05) is 73.8 Å². The third-order valence-corrected chi connectivity index (χ3v) is 9.04. The Morgan fingerprint density at radius 3 is 2.53 bits per heavy atom. The van der Waals surface area contributed by atoms with Crippen molar-refractivity contribution < 1.29 is 9.47 Å². The van der Waals surface area contributed by atoms with E-state index in [1.165, 1.54) is 16.7 Å². The van der Waals surface area contributed by atoms with E-state index in [9.17, 15) is 4.79 Å². The van der Waals surface area contributed by atoms with Crippen LogP contribution in [-0.2, 0) is 17.6 Å². The van der Waals surface area contributed by atoms with Gasteiger partial charge in [-0.2, -0.15) is 0 Å². The van der Waals surface area contributed by atoms with Crippen molar-refractivity contribution in [2.24, 2.45) is 0 Å². The third-order valence-electron chi connectivity index (χ3n) is 9.04. The number of rotatable bonds is 7. The molecule has 7 nitrogen and oxygen atoms in total. The Morgan fingerprint density at radius 2 is 1.72 bits per heavy atom. The summed E-state index contributed by atoms with van der Waals surface area (Å²) in [6.45, 7) is 8.43. The number of morpholine rings is 1. The van der Waals surface area contributed by atoms with Gasteiger partial charge in [0.05, 0.1) is 18.9 Å². The van der Waals surface area contributed by atoms with Crippen LogP contribution in [0.4, 0.5) is 11.4 Å². The van der Waals surface area contributed by atoms with Crippen LogP contribution in [0.25, 0.3) is 11.3 Å². The summed E-state index contributed by atoms with van der Waals surface area (Å²) in [4.78, 5) is 20.5. The third kappa shape index (κ3) is 6.33. The van der Waals surface area contributed by atoms with Gasteiger partial charge in [0.1, 0.15) is 11.5 Å². The van der Waals surface area contributed by atoms with Gasteiger partial charge in [-0.1, -0.05) is 42.0 Å². The molecule has 222 valence electrons. The molecule has 2 fully saturated rings. The number of likely N-dealkylation sites (tertiary alicyclic amines) is 1. The van der Waals surface area contributed by atoms with E-state index in [1.54, 1.807) is 6.07 Å². The molecule has 0 saturated carbocycles. The van der Waals surface area contributed by atoms with Crippen LogP contribution in [-0.4, -0.2) is 61.9 Å². The van der Waals surface area contributed by atoms with Crippen molar-refractivity contribution in [3.05, 3.63) is 105 Å². The largest absolute Gasteiger partial charge is 0.456 e.